The van der Waals surface area contributed by atoms with Crippen LogP contribution < -0.4 is 0 Å². The van der Waals surface area contributed by atoms with Crippen LogP contribution in [0.4, 0.5) is 0 Å². The van der Waals surface area contributed by atoms with Crippen molar-refractivity contribution in [1.29, 1.82) is 0 Å². The van der Waals surface area contributed by atoms with Gasteiger partial charge < -0.3 is 0 Å². The monoisotopic (exact) mass is 312 g/mol. The molecule has 0 N–H and O–H groups in total. The van der Waals surface area contributed by atoms with Gasteiger partial charge in [-0.15, -0.1) is 0 Å². The van der Waals surface area contributed by atoms with Crippen molar-refractivity contribution in [2.75, 3.05) is 0 Å². The van der Waals surface area contributed by atoms with Gasteiger partial charge in [-0.1, -0.05) is 12.1 Å². The van der Waals surface area contributed by atoms with Gasteiger partial charge >= 0.3 is 0 Å². The SMILES string of the molecule is CC(C)n1cc(-c2cccc(I)c2)cn1. The van der Waals surface area contributed by atoms with Crippen LogP contribution in [-0.4, -0.2) is 9.78 Å². The quantitative estimate of drug-likeness (QED) is 0.773. The van der Waals surface area contributed by atoms with Crippen molar-refractivity contribution in [3.05, 3.63) is 40.2 Å². The molecule has 15 heavy (non-hydrogen) atoms. The van der Waals surface area contributed by atoms with Crippen LogP contribution in [0.3, 0.4) is 0 Å². The zero-order valence-electron chi connectivity index (χ0n) is 8.81. The van der Waals surface area contributed by atoms with Gasteiger partial charge in [0, 0.05) is 21.4 Å². The van der Waals surface area contributed by atoms with Gasteiger partial charge in [0.05, 0.1) is 6.20 Å². The lowest BCUT2D eigenvalue weighted by molar-refractivity contribution is 0.532. The molecule has 2 nitrogen and oxygen atoms in total. The predicted molar refractivity (Wildman–Crippen MR) is 70.8 cm³/mol. The van der Waals surface area contributed by atoms with Crippen molar-refractivity contribution in [3.8, 4) is 11.1 Å². The third kappa shape index (κ3) is 2.40. The van der Waals surface area contributed by atoms with E-state index in [1.807, 2.05) is 10.9 Å². The van der Waals surface area contributed by atoms with Crippen molar-refractivity contribution >= 4 is 22.6 Å². The summed E-state index contributed by atoms with van der Waals surface area (Å²) in [4.78, 5) is 0. The molecule has 0 aliphatic rings. The maximum absolute atomic E-state index is 4.34. The molecular formula is C12H13IN2. The van der Waals surface area contributed by atoms with E-state index < -0.39 is 0 Å². The number of benzene rings is 1. The van der Waals surface area contributed by atoms with Crippen LogP contribution in [0.25, 0.3) is 11.1 Å². The fourth-order valence-electron chi connectivity index (χ4n) is 1.44. The molecule has 0 bridgehead atoms. The molecule has 1 aromatic carbocycles. The van der Waals surface area contributed by atoms with Crippen LogP contribution in [-0.2, 0) is 0 Å². The Balaban J connectivity index is 2.37. The van der Waals surface area contributed by atoms with E-state index in [9.17, 15) is 0 Å². The molecule has 2 aromatic rings. The third-order valence-corrected chi connectivity index (χ3v) is 2.96. The second kappa shape index (κ2) is 4.35. The lowest BCUT2D eigenvalue weighted by atomic mass is 10.1. The van der Waals surface area contributed by atoms with Crippen LogP contribution in [0, 0.1) is 3.57 Å². The molecule has 0 fully saturated rings. The smallest absolute Gasteiger partial charge is 0.0568 e. The van der Waals surface area contributed by atoms with Crippen molar-refractivity contribution in [3.63, 3.8) is 0 Å². The first-order valence-corrected chi connectivity index (χ1v) is 6.05. The van der Waals surface area contributed by atoms with Gasteiger partial charge in [-0.25, -0.2) is 0 Å². The minimum Gasteiger partial charge on any atom is -0.270 e. The Morgan fingerprint density at radius 2 is 2.07 bits per heavy atom. The fourth-order valence-corrected chi connectivity index (χ4v) is 1.98. The lowest BCUT2D eigenvalue weighted by Crippen LogP contribution is -1.99. The highest BCUT2D eigenvalue weighted by molar-refractivity contribution is 14.1. The molecular weight excluding hydrogens is 299 g/mol. The summed E-state index contributed by atoms with van der Waals surface area (Å²) in [6.07, 6.45) is 4.02. The third-order valence-electron chi connectivity index (χ3n) is 2.29. The maximum Gasteiger partial charge on any atom is 0.0568 e. The molecule has 2 rings (SSSR count). The molecule has 0 amide bonds. The largest absolute Gasteiger partial charge is 0.270 e. The van der Waals surface area contributed by atoms with E-state index in [2.05, 4.69) is 72.0 Å². The normalized spacial score (nSPS) is 10.9. The van der Waals surface area contributed by atoms with E-state index in [0.717, 1.165) is 0 Å². The number of halogens is 1. The molecule has 0 saturated heterocycles. The van der Waals surface area contributed by atoms with Gasteiger partial charge in [-0.05, 0) is 54.1 Å². The standard InChI is InChI=1S/C12H13IN2/c1-9(2)15-8-11(7-14-15)10-4-3-5-12(13)6-10/h3-9H,1-2H3. The second-order valence-electron chi connectivity index (χ2n) is 3.81. The minimum absolute atomic E-state index is 0.418. The molecule has 1 aromatic heterocycles. The molecule has 0 radical (unpaired) electrons. The van der Waals surface area contributed by atoms with Gasteiger partial charge in [0.1, 0.15) is 0 Å². The summed E-state index contributed by atoms with van der Waals surface area (Å²) >= 11 is 2.33. The Bertz CT molecular complexity index is 460. The molecule has 78 valence electrons. The van der Waals surface area contributed by atoms with Gasteiger partial charge in [0.15, 0.2) is 0 Å². The van der Waals surface area contributed by atoms with Crippen LogP contribution in [0.15, 0.2) is 36.7 Å². The van der Waals surface area contributed by atoms with Gasteiger partial charge in [0.2, 0.25) is 0 Å². The molecule has 0 aliphatic heterocycles. The van der Waals surface area contributed by atoms with Gasteiger partial charge in [-0.2, -0.15) is 5.10 Å². The molecule has 0 aliphatic carbocycles. The van der Waals surface area contributed by atoms with Crippen molar-refractivity contribution in [2.45, 2.75) is 19.9 Å². The Labute approximate surface area is 103 Å². The number of hydrogen-bond donors (Lipinski definition) is 0. The molecule has 0 atom stereocenters. The summed E-state index contributed by atoms with van der Waals surface area (Å²) in [5, 5.41) is 4.34. The van der Waals surface area contributed by atoms with Gasteiger partial charge in [-0.3, -0.25) is 4.68 Å². The van der Waals surface area contributed by atoms with Crippen LogP contribution in [0.1, 0.15) is 19.9 Å². The van der Waals surface area contributed by atoms with Crippen molar-refractivity contribution < 1.29 is 0 Å². The highest BCUT2D eigenvalue weighted by atomic mass is 127. The molecule has 0 unspecified atom stereocenters. The van der Waals surface area contributed by atoms with Crippen LogP contribution >= 0.6 is 22.6 Å². The summed E-state index contributed by atoms with van der Waals surface area (Å²) in [5.74, 6) is 0. The highest BCUT2D eigenvalue weighted by Gasteiger charge is 2.03. The Morgan fingerprint density at radius 3 is 2.67 bits per heavy atom. The fraction of sp³-hybridized carbons (Fsp3) is 0.250. The molecule has 1 heterocycles. The van der Waals surface area contributed by atoms with Crippen molar-refractivity contribution in [2.24, 2.45) is 0 Å². The number of hydrogen-bond acceptors (Lipinski definition) is 1. The zero-order chi connectivity index (χ0) is 10.8. The average Bonchev–Trinajstić information content (AvgIpc) is 2.66. The Kier molecular flexibility index (Phi) is 3.09. The number of nitrogens with zero attached hydrogens (tertiary/aromatic N) is 2. The minimum atomic E-state index is 0.418. The van der Waals surface area contributed by atoms with Gasteiger partial charge in [0.25, 0.3) is 0 Å². The molecule has 0 saturated carbocycles. The topological polar surface area (TPSA) is 17.8 Å². The molecule has 3 heteroatoms. The summed E-state index contributed by atoms with van der Waals surface area (Å²) in [6, 6.07) is 8.87. The van der Waals surface area contributed by atoms with E-state index in [4.69, 9.17) is 0 Å². The summed E-state index contributed by atoms with van der Waals surface area (Å²) in [7, 11) is 0. The van der Waals surface area contributed by atoms with E-state index in [1.54, 1.807) is 0 Å². The first kappa shape index (κ1) is 10.7. The average molecular weight is 312 g/mol. The second-order valence-corrected chi connectivity index (χ2v) is 5.06. The Morgan fingerprint density at radius 1 is 1.27 bits per heavy atom. The van der Waals surface area contributed by atoms with Crippen molar-refractivity contribution in [1.82, 2.24) is 9.78 Å². The lowest BCUT2D eigenvalue weighted by Gasteiger charge is -2.03. The number of aromatic nitrogens is 2. The molecule has 0 spiro atoms. The zero-order valence-corrected chi connectivity index (χ0v) is 11.0. The van der Waals surface area contributed by atoms with Crippen LogP contribution in [0.5, 0.6) is 0 Å². The van der Waals surface area contributed by atoms with E-state index >= 15 is 0 Å². The first-order chi connectivity index (χ1) is 7.16. The Hall–Kier alpha value is -0.840. The van der Waals surface area contributed by atoms with Crippen LogP contribution in [0.2, 0.25) is 0 Å². The first-order valence-electron chi connectivity index (χ1n) is 4.97. The predicted octanol–water partition coefficient (Wildman–Crippen LogP) is 3.74. The van der Waals surface area contributed by atoms with E-state index in [0.29, 0.717) is 6.04 Å². The van der Waals surface area contributed by atoms with E-state index in [1.165, 1.54) is 14.7 Å². The number of rotatable bonds is 2. The summed E-state index contributed by atoms with van der Waals surface area (Å²) in [6.45, 7) is 4.26. The van der Waals surface area contributed by atoms with E-state index in [-0.39, 0.29) is 0 Å². The highest BCUT2D eigenvalue weighted by Crippen LogP contribution is 2.21. The maximum atomic E-state index is 4.34. The summed E-state index contributed by atoms with van der Waals surface area (Å²) < 4.78 is 3.23. The summed E-state index contributed by atoms with van der Waals surface area (Å²) in [5.41, 5.74) is 2.41.